The molecule has 214 valence electrons. The topological polar surface area (TPSA) is 32.7 Å². The summed E-state index contributed by atoms with van der Waals surface area (Å²) in [7, 11) is 0. The number of aryl methyl sites for hydroxylation is 1. The van der Waals surface area contributed by atoms with Crippen LogP contribution in [0.1, 0.15) is 22.3 Å². The van der Waals surface area contributed by atoms with Crippen molar-refractivity contribution in [1.82, 2.24) is 0 Å². The van der Waals surface area contributed by atoms with Gasteiger partial charge in [-0.25, -0.2) is 0 Å². The summed E-state index contributed by atoms with van der Waals surface area (Å²) in [5, 5.41) is 9.98. The van der Waals surface area contributed by atoms with E-state index in [0.717, 1.165) is 27.8 Å². The van der Waals surface area contributed by atoms with Gasteiger partial charge in [0.1, 0.15) is 5.75 Å². The van der Waals surface area contributed by atoms with Crippen molar-refractivity contribution in [3.05, 3.63) is 119 Å². The summed E-state index contributed by atoms with van der Waals surface area (Å²) in [5.74, 6) is -0.380. The lowest BCUT2D eigenvalue weighted by molar-refractivity contribution is -0.274. The fourth-order valence-corrected chi connectivity index (χ4v) is 5.65. The van der Waals surface area contributed by atoms with Crippen molar-refractivity contribution in [2.24, 2.45) is 0 Å². The number of aliphatic hydroxyl groups is 1. The van der Waals surface area contributed by atoms with Gasteiger partial charge in [0.25, 0.3) is 0 Å². The number of aliphatic hydroxyl groups excluding tert-OH is 1. The predicted octanol–water partition coefficient (Wildman–Crippen LogP) is 7.83. The molecule has 0 spiro atoms. The molecule has 0 aromatic heterocycles. The third-order valence-corrected chi connectivity index (χ3v) is 7.40. The molecule has 0 fully saturated rings. The summed E-state index contributed by atoms with van der Waals surface area (Å²) in [6.07, 6.45) is -12.1. The van der Waals surface area contributed by atoms with Crippen LogP contribution < -0.4 is 9.64 Å². The summed E-state index contributed by atoms with van der Waals surface area (Å²) in [6, 6.07) is 28.2. The van der Waals surface area contributed by atoms with E-state index in [4.69, 9.17) is 0 Å². The van der Waals surface area contributed by atoms with Gasteiger partial charge in [-0.15, -0.1) is 13.2 Å². The van der Waals surface area contributed by atoms with Crippen molar-refractivity contribution in [1.29, 1.82) is 0 Å². The van der Waals surface area contributed by atoms with Crippen LogP contribution in [0.5, 0.6) is 5.75 Å². The highest BCUT2D eigenvalue weighted by Crippen LogP contribution is 2.48. The average Bonchev–Trinajstić information content (AvgIpc) is 3.21. The Balaban J connectivity index is 1.64. The fraction of sp³-hybridized carbons (Fsp3) is 0.250. The third-order valence-electron chi connectivity index (χ3n) is 7.40. The average molecular weight is 572 g/mol. The first kappa shape index (κ1) is 28.5. The Morgan fingerprint density at radius 3 is 2.22 bits per heavy atom. The van der Waals surface area contributed by atoms with Gasteiger partial charge in [-0.2, -0.15) is 13.2 Å². The second kappa shape index (κ2) is 10.8. The number of halogens is 6. The summed E-state index contributed by atoms with van der Waals surface area (Å²) < 4.78 is 83.3. The Morgan fingerprint density at radius 2 is 1.51 bits per heavy atom. The number of para-hydroxylation sites is 1. The number of hydrogen-bond acceptors (Lipinski definition) is 3. The molecule has 1 unspecified atom stereocenters. The first-order valence-corrected chi connectivity index (χ1v) is 13.0. The molecule has 0 amide bonds. The Labute approximate surface area is 233 Å². The molecule has 41 heavy (non-hydrogen) atoms. The molecule has 2 atom stereocenters. The van der Waals surface area contributed by atoms with E-state index in [1.807, 2.05) is 61.5 Å². The maximum absolute atomic E-state index is 13.4. The monoisotopic (exact) mass is 571 g/mol. The molecule has 4 aromatic carbocycles. The van der Waals surface area contributed by atoms with Gasteiger partial charge in [0.2, 0.25) is 0 Å². The Bertz CT molecular complexity index is 1530. The minimum Gasteiger partial charge on any atom is -0.406 e. The maximum atomic E-state index is 13.4. The normalized spacial score (nSPS) is 17.8. The molecule has 0 saturated heterocycles. The minimum atomic E-state index is -4.87. The molecule has 5 rings (SSSR count). The van der Waals surface area contributed by atoms with E-state index in [9.17, 15) is 31.4 Å². The quantitative estimate of drug-likeness (QED) is 0.230. The minimum absolute atomic E-state index is 0.0705. The molecule has 0 radical (unpaired) electrons. The second-order valence-corrected chi connectivity index (χ2v) is 10.4. The molecule has 3 nitrogen and oxygen atoms in total. The van der Waals surface area contributed by atoms with E-state index in [1.165, 1.54) is 23.1 Å². The summed E-state index contributed by atoms with van der Waals surface area (Å²) in [4.78, 5) is 1.50. The number of β-amino-alcohol motifs (C(OH)–C–C–N with tert-alkyl or cyclic N) is 1. The van der Waals surface area contributed by atoms with Crippen LogP contribution in [0.3, 0.4) is 0 Å². The summed E-state index contributed by atoms with van der Waals surface area (Å²) in [6.45, 7) is 1.36. The fourth-order valence-electron chi connectivity index (χ4n) is 5.65. The largest absolute Gasteiger partial charge is 0.573 e. The molecule has 9 heteroatoms. The maximum Gasteiger partial charge on any atom is 0.573 e. The second-order valence-electron chi connectivity index (χ2n) is 10.4. The zero-order valence-corrected chi connectivity index (χ0v) is 22.0. The van der Waals surface area contributed by atoms with Gasteiger partial charge in [-0.05, 0) is 59.4 Å². The number of ether oxygens (including phenoxy) is 1. The highest BCUT2D eigenvalue weighted by atomic mass is 19.4. The van der Waals surface area contributed by atoms with Gasteiger partial charge in [-0.3, -0.25) is 0 Å². The number of rotatable bonds is 7. The van der Waals surface area contributed by atoms with Gasteiger partial charge < -0.3 is 14.7 Å². The first-order valence-electron chi connectivity index (χ1n) is 13.0. The highest BCUT2D eigenvalue weighted by molar-refractivity contribution is 5.70. The molecular formula is C32H27F6NO2. The van der Waals surface area contributed by atoms with Crippen molar-refractivity contribution in [3.8, 4) is 16.9 Å². The van der Waals surface area contributed by atoms with Crippen LogP contribution in [-0.2, 0) is 11.8 Å². The van der Waals surface area contributed by atoms with Crippen LogP contribution in [0.2, 0.25) is 0 Å². The van der Waals surface area contributed by atoms with E-state index in [-0.39, 0.29) is 18.7 Å². The Morgan fingerprint density at radius 1 is 0.829 bits per heavy atom. The zero-order valence-electron chi connectivity index (χ0n) is 22.0. The molecule has 4 aromatic rings. The molecule has 1 N–H and O–H groups in total. The number of anilines is 1. The van der Waals surface area contributed by atoms with Crippen molar-refractivity contribution in [3.63, 3.8) is 0 Å². The van der Waals surface area contributed by atoms with E-state index in [0.29, 0.717) is 11.3 Å². The van der Waals surface area contributed by atoms with E-state index in [2.05, 4.69) is 4.74 Å². The summed E-state index contributed by atoms with van der Waals surface area (Å²) >= 11 is 0. The van der Waals surface area contributed by atoms with Crippen molar-refractivity contribution in [2.75, 3.05) is 18.0 Å². The van der Waals surface area contributed by atoms with Crippen LogP contribution in [0.25, 0.3) is 11.1 Å². The highest BCUT2D eigenvalue weighted by Gasteiger charge is 2.47. The zero-order chi connectivity index (χ0) is 29.4. The van der Waals surface area contributed by atoms with E-state index >= 15 is 0 Å². The molecule has 0 saturated carbocycles. The van der Waals surface area contributed by atoms with Gasteiger partial charge in [0.15, 0.2) is 6.10 Å². The lowest BCUT2D eigenvalue weighted by Crippen LogP contribution is -2.44. The van der Waals surface area contributed by atoms with Gasteiger partial charge in [-0.1, -0.05) is 84.4 Å². The van der Waals surface area contributed by atoms with Gasteiger partial charge in [0.05, 0.1) is 6.54 Å². The molecule has 1 aliphatic rings. The van der Waals surface area contributed by atoms with Gasteiger partial charge in [0, 0.05) is 17.6 Å². The van der Waals surface area contributed by atoms with E-state index < -0.39 is 30.6 Å². The van der Waals surface area contributed by atoms with Gasteiger partial charge >= 0.3 is 12.5 Å². The van der Waals surface area contributed by atoms with Crippen LogP contribution in [0.4, 0.5) is 32.0 Å². The third kappa shape index (κ3) is 6.20. The smallest absolute Gasteiger partial charge is 0.406 e. The number of alkyl halides is 6. The number of benzene rings is 4. The predicted molar refractivity (Wildman–Crippen MR) is 145 cm³/mol. The van der Waals surface area contributed by atoms with Crippen molar-refractivity contribution >= 4 is 5.69 Å². The van der Waals surface area contributed by atoms with Crippen molar-refractivity contribution in [2.45, 2.75) is 37.4 Å². The first-order chi connectivity index (χ1) is 19.3. The van der Waals surface area contributed by atoms with Crippen LogP contribution >= 0.6 is 0 Å². The van der Waals surface area contributed by atoms with Crippen LogP contribution in [-0.4, -0.2) is 36.8 Å². The number of nitrogens with zero attached hydrogens (tertiary/aromatic N) is 1. The Kier molecular flexibility index (Phi) is 7.50. The number of hydrogen-bond donors (Lipinski definition) is 1. The molecule has 0 bridgehead atoms. The lowest BCUT2D eigenvalue weighted by Gasteiger charge is -2.33. The standard InChI is InChI=1S/C32H27F6NO2/c1-21-7-4-9-23(15-21)24-10-6-11-25(17-24)30(18-22-8-5-12-26(16-22)41-32(36,37)38)20-39(19-29(40)31(33,34)35)28-14-3-2-13-27(28)30/h2-17,29,40H,18-20H2,1H3/t29-,30?/m1/s1. The molecule has 1 aliphatic heterocycles. The number of fused-ring (bicyclic) bond motifs is 1. The SMILES string of the molecule is Cc1cccc(-c2cccc(C3(Cc4cccc(OC(F)(F)F)c4)CN(C[C@@H](O)C(F)(F)F)c4ccccc43)c2)c1. The summed E-state index contributed by atoms with van der Waals surface area (Å²) in [5.41, 5.74) is 4.51. The Hall–Kier alpha value is -3.98. The van der Waals surface area contributed by atoms with Crippen LogP contribution in [0.15, 0.2) is 97.1 Å². The molecule has 0 aliphatic carbocycles. The molecular weight excluding hydrogens is 544 g/mol. The van der Waals surface area contributed by atoms with E-state index in [1.54, 1.807) is 24.3 Å². The molecule has 1 heterocycles. The lowest BCUT2D eigenvalue weighted by atomic mass is 9.71. The van der Waals surface area contributed by atoms with Crippen molar-refractivity contribution < 1.29 is 36.2 Å². The van der Waals surface area contributed by atoms with Crippen LogP contribution in [0, 0.1) is 6.92 Å².